The van der Waals surface area contributed by atoms with Crippen LogP contribution in [-0.2, 0) is 5.54 Å². The topological polar surface area (TPSA) is 53.3 Å². The lowest BCUT2D eigenvalue weighted by Crippen LogP contribution is -2.59. The minimum Gasteiger partial charge on any atom is -0.306 e. The second-order valence-corrected chi connectivity index (χ2v) is 10.1. The molecule has 0 saturated carbocycles. The van der Waals surface area contributed by atoms with E-state index in [0.29, 0.717) is 0 Å². The van der Waals surface area contributed by atoms with Gasteiger partial charge in [-0.2, -0.15) is 4.68 Å². The zero-order valence-electron chi connectivity index (χ0n) is 21.3. The first-order valence-corrected chi connectivity index (χ1v) is 12.8. The molecule has 0 amide bonds. The van der Waals surface area contributed by atoms with E-state index in [1.54, 1.807) is 0 Å². The Morgan fingerprint density at radius 1 is 0.857 bits per heavy atom. The molecule has 2 fully saturated rings. The summed E-state index contributed by atoms with van der Waals surface area (Å²) in [6, 6.07) is 16.9. The van der Waals surface area contributed by atoms with E-state index in [-0.39, 0.29) is 5.54 Å². The van der Waals surface area contributed by atoms with Gasteiger partial charge in [0.05, 0.1) is 11.2 Å². The third kappa shape index (κ3) is 4.94. The van der Waals surface area contributed by atoms with Crippen LogP contribution < -0.4 is 0 Å². The Labute approximate surface area is 209 Å². The fourth-order valence-electron chi connectivity index (χ4n) is 5.70. The second-order valence-electron chi connectivity index (χ2n) is 10.1. The molecule has 0 aliphatic carbocycles. The van der Waals surface area contributed by atoms with Crippen molar-refractivity contribution >= 4 is 6.08 Å². The first kappa shape index (κ1) is 23.9. The number of piperazine rings is 1. The van der Waals surface area contributed by atoms with Gasteiger partial charge in [0, 0.05) is 45.8 Å². The summed E-state index contributed by atoms with van der Waals surface area (Å²) in [4.78, 5) is 7.65. The van der Waals surface area contributed by atoms with Crippen LogP contribution in [0.1, 0.15) is 35.4 Å². The quantitative estimate of drug-likeness (QED) is 0.548. The molecule has 35 heavy (non-hydrogen) atoms. The molecule has 7 heteroatoms. The Hall–Kier alpha value is -2.87. The number of benzene rings is 2. The van der Waals surface area contributed by atoms with Crippen LogP contribution in [0.4, 0.5) is 0 Å². The highest BCUT2D eigenvalue weighted by molar-refractivity contribution is 5.49. The number of piperidine rings is 1. The van der Waals surface area contributed by atoms with Gasteiger partial charge in [-0.1, -0.05) is 60.7 Å². The van der Waals surface area contributed by atoms with Gasteiger partial charge in [-0.15, -0.1) is 5.10 Å². The van der Waals surface area contributed by atoms with Gasteiger partial charge in [0.15, 0.2) is 5.82 Å². The molecule has 184 valence electrons. The summed E-state index contributed by atoms with van der Waals surface area (Å²) >= 11 is 0. The normalized spacial score (nSPS) is 20.0. The lowest BCUT2D eigenvalue weighted by molar-refractivity contribution is -0.0149. The van der Waals surface area contributed by atoms with Gasteiger partial charge < -0.3 is 4.90 Å². The Kier molecular flexibility index (Phi) is 7.09. The fourth-order valence-corrected chi connectivity index (χ4v) is 5.70. The molecule has 0 bridgehead atoms. The Morgan fingerprint density at radius 3 is 2.23 bits per heavy atom. The van der Waals surface area contributed by atoms with Crippen LogP contribution in [0.15, 0.2) is 54.6 Å². The van der Waals surface area contributed by atoms with E-state index in [4.69, 9.17) is 0 Å². The van der Waals surface area contributed by atoms with Crippen molar-refractivity contribution in [3.8, 4) is 5.69 Å². The average Bonchev–Trinajstić information content (AvgIpc) is 3.36. The molecule has 5 rings (SSSR count). The van der Waals surface area contributed by atoms with Crippen molar-refractivity contribution < 1.29 is 0 Å². The summed E-state index contributed by atoms with van der Waals surface area (Å²) in [6.07, 6.45) is 6.60. The Balaban J connectivity index is 1.36. The van der Waals surface area contributed by atoms with E-state index < -0.39 is 0 Å². The summed E-state index contributed by atoms with van der Waals surface area (Å²) in [6.45, 7) is 11.6. The number of tetrazole rings is 1. The van der Waals surface area contributed by atoms with Crippen LogP contribution in [0, 0.1) is 13.8 Å². The predicted octanol–water partition coefficient (Wildman–Crippen LogP) is 3.53. The zero-order chi connectivity index (χ0) is 24.3. The van der Waals surface area contributed by atoms with Crippen molar-refractivity contribution in [1.82, 2.24) is 34.9 Å². The SMILES string of the molecule is Cc1cccc(C)c1-n1nnnc1C1(N2CCN(C/C=C/c3ccccc3)CC2)CCN(C)CC1. The van der Waals surface area contributed by atoms with E-state index >= 15 is 0 Å². The molecule has 0 N–H and O–H groups in total. The van der Waals surface area contributed by atoms with Crippen molar-refractivity contribution in [2.75, 3.05) is 52.9 Å². The number of rotatable bonds is 6. The zero-order valence-corrected chi connectivity index (χ0v) is 21.3. The molecule has 0 unspecified atom stereocenters. The number of hydrogen-bond donors (Lipinski definition) is 0. The molecular formula is C28H37N7. The Morgan fingerprint density at radius 2 is 1.54 bits per heavy atom. The molecule has 2 saturated heterocycles. The van der Waals surface area contributed by atoms with Gasteiger partial charge >= 0.3 is 0 Å². The number of hydrogen-bond acceptors (Lipinski definition) is 6. The highest BCUT2D eigenvalue weighted by atomic mass is 15.6. The lowest BCUT2D eigenvalue weighted by atomic mass is 9.84. The van der Waals surface area contributed by atoms with E-state index in [1.807, 2.05) is 4.68 Å². The number of nitrogens with zero attached hydrogens (tertiary/aromatic N) is 7. The highest BCUT2D eigenvalue weighted by Gasteiger charge is 2.46. The van der Waals surface area contributed by atoms with Crippen molar-refractivity contribution in [2.24, 2.45) is 0 Å². The van der Waals surface area contributed by atoms with Crippen molar-refractivity contribution in [1.29, 1.82) is 0 Å². The monoisotopic (exact) mass is 471 g/mol. The Bertz CT molecular complexity index is 1120. The van der Waals surface area contributed by atoms with Gasteiger partial charge in [-0.25, -0.2) is 0 Å². The second kappa shape index (κ2) is 10.4. The number of para-hydroxylation sites is 1. The van der Waals surface area contributed by atoms with Crippen LogP contribution in [0.25, 0.3) is 11.8 Å². The summed E-state index contributed by atoms with van der Waals surface area (Å²) in [5.41, 5.74) is 4.65. The van der Waals surface area contributed by atoms with Crippen LogP contribution in [-0.4, -0.2) is 87.8 Å². The lowest BCUT2D eigenvalue weighted by Gasteiger charge is -2.50. The third-order valence-electron chi connectivity index (χ3n) is 7.80. The fraction of sp³-hybridized carbons (Fsp3) is 0.464. The van der Waals surface area contributed by atoms with E-state index in [0.717, 1.165) is 70.2 Å². The van der Waals surface area contributed by atoms with Crippen molar-refractivity contribution in [3.63, 3.8) is 0 Å². The maximum Gasteiger partial charge on any atom is 0.177 e. The van der Waals surface area contributed by atoms with E-state index in [2.05, 4.69) is 112 Å². The predicted molar refractivity (Wildman–Crippen MR) is 141 cm³/mol. The number of aromatic nitrogens is 4. The smallest absolute Gasteiger partial charge is 0.177 e. The largest absolute Gasteiger partial charge is 0.306 e. The van der Waals surface area contributed by atoms with E-state index in [1.165, 1.54) is 16.7 Å². The van der Waals surface area contributed by atoms with Gasteiger partial charge in [-0.3, -0.25) is 9.80 Å². The molecule has 0 spiro atoms. The van der Waals surface area contributed by atoms with E-state index in [9.17, 15) is 0 Å². The molecule has 2 aliphatic rings. The summed E-state index contributed by atoms with van der Waals surface area (Å²) < 4.78 is 2.03. The first-order chi connectivity index (χ1) is 17.1. The minimum absolute atomic E-state index is 0.142. The molecule has 3 heterocycles. The highest BCUT2D eigenvalue weighted by Crippen LogP contribution is 2.39. The standard InChI is InChI=1S/C28H37N7/c1-23-9-7-10-24(2)26(23)35-27(29-30-31-35)28(14-17-32(3)18-15-28)34-21-19-33(20-22-34)16-8-13-25-11-5-4-6-12-25/h4-13H,14-22H2,1-3H3/b13-8+. The first-order valence-electron chi connectivity index (χ1n) is 12.8. The molecule has 7 nitrogen and oxygen atoms in total. The molecule has 0 radical (unpaired) electrons. The van der Waals surface area contributed by atoms with Crippen molar-refractivity contribution in [3.05, 3.63) is 77.1 Å². The summed E-state index contributed by atoms with van der Waals surface area (Å²) in [5.74, 6) is 1.00. The average molecular weight is 472 g/mol. The maximum absolute atomic E-state index is 4.69. The molecule has 3 aromatic rings. The maximum atomic E-state index is 4.69. The number of likely N-dealkylation sites (tertiary alicyclic amines) is 1. The summed E-state index contributed by atoms with van der Waals surface area (Å²) in [5, 5.41) is 13.4. The van der Waals surface area contributed by atoms with Gasteiger partial charge in [0.25, 0.3) is 0 Å². The minimum atomic E-state index is -0.142. The van der Waals surface area contributed by atoms with Crippen LogP contribution in [0.2, 0.25) is 0 Å². The molecule has 2 aromatic carbocycles. The molecule has 2 aliphatic heterocycles. The van der Waals surface area contributed by atoms with Crippen molar-refractivity contribution in [2.45, 2.75) is 32.2 Å². The van der Waals surface area contributed by atoms with Crippen LogP contribution in [0.3, 0.4) is 0 Å². The molecule has 0 atom stereocenters. The molecular weight excluding hydrogens is 434 g/mol. The molecule has 1 aromatic heterocycles. The van der Waals surface area contributed by atoms with Gasteiger partial charge in [0.2, 0.25) is 0 Å². The van der Waals surface area contributed by atoms with Gasteiger partial charge in [-0.05, 0) is 60.9 Å². The number of aryl methyl sites for hydroxylation is 2. The summed E-state index contributed by atoms with van der Waals surface area (Å²) in [7, 11) is 2.22. The van der Waals surface area contributed by atoms with Crippen LogP contribution in [0.5, 0.6) is 0 Å². The van der Waals surface area contributed by atoms with Crippen LogP contribution >= 0.6 is 0 Å². The third-order valence-corrected chi connectivity index (χ3v) is 7.80. The van der Waals surface area contributed by atoms with Gasteiger partial charge in [0.1, 0.15) is 0 Å².